The fourth-order valence-electron chi connectivity index (χ4n) is 4.49. The van der Waals surface area contributed by atoms with Crippen LogP contribution in [-0.2, 0) is 4.79 Å². The van der Waals surface area contributed by atoms with E-state index in [1.165, 1.54) is 29.5 Å². The number of nitrogens with one attached hydrogen (secondary N) is 1. The second kappa shape index (κ2) is 11.0. The second-order valence-corrected chi connectivity index (χ2v) is 10.5. The van der Waals surface area contributed by atoms with Crippen molar-refractivity contribution in [1.29, 1.82) is 0 Å². The first kappa shape index (κ1) is 23.5. The van der Waals surface area contributed by atoms with Crippen LogP contribution in [-0.4, -0.2) is 73.7 Å². The van der Waals surface area contributed by atoms with E-state index in [1.807, 2.05) is 4.90 Å². The van der Waals surface area contributed by atoms with Gasteiger partial charge in [-0.05, 0) is 31.4 Å². The Hall–Kier alpha value is -2.66. The van der Waals surface area contributed by atoms with Crippen molar-refractivity contribution in [2.24, 2.45) is 0 Å². The van der Waals surface area contributed by atoms with Crippen LogP contribution < -0.4 is 5.32 Å². The van der Waals surface area contributed by atoms with E-state index in [9.17, 15) is 14.4 Å². The zero-order valence-electron chi connectivity index (χ0n) is 18.2. The third kappa shape index (κ3) is 6.02. The number of anilines is 1. The number of thioether (sulfide) groups is 1. The quantitative estimate of drug-likeness (QED) is 0.568. The maximum absolute atomic E-state index is 13.4. The van der Waals surface area contributed by atoms with Crippen molar-refractivity contribution in [3.8, 4) is 0 Å². The molecule has 3 amide bonds. The molecule has 0 spiro atoms. The first-order valence-electron chi connectivity index (χ1n) is 11.1. The van der Waals surface area contributed by atoms with E-state index >= 15 is 0 Å². The van der Waals surface area contributed by atoms with Crippen molar-refractivity contribution in [2.75, 3.05) is 24.2 Å². The van der Waals surface area contributed by atoms with E-state index in [0.717, 1.165) is 36.3 Å². The summed E-state index contributed by atoms with van der Waals surface area (Å²) in [7, 11) is 0. The van der Waals surface area contributed by atoms with Crippen LogP contribution in [0.2, 0.25) is 0 Å². The van der Waals surface area contributed by atoms with Crippen LogP contribution >= 0.6 is 23.1 Å². The molecule has 1 aliphatic heterocycles. The lowest BCUT2D eigenvalue weighted by Gasteiger charge is -2.38. The number of urea groups is 1. The van der Waals surface area contributed by atoms with Gasteiger partial charge in [0.15, 0.2) is 5.13 Å². The van der Waals surface area contributed by atoms with Gasteiger partial charge in [0, 0.05) is 31.5 Å². The van der Waals surface area contributed by atoms with Gasteiger partial charge in [-0.25, -0.2) is 9.78 Å². The van der Waals surface area contributed by atoms with Gasteiger partial charge in [0.25, 0.3) is 5.91 Å². The molecule has 3 heterocycles. The molecule has 1 saturated heterocycles. The number of hydrogen-bond acceptors (Lipinski definition) is 7. The Labute approximate surface area is 200 Å². The number of aliphatic carboxylic acids is 1. The lowest BCUT2D eigenvalue weighted by Crippen LogP contribution is -2.51. The molecule has 11 heteroatoms. The summed E-state index contributed by atoms with van der Waals surface area (Å²) >= 11 is 2.45. The minimum Gasteiger partial charge on any atom is -0.481 e. The van der Waals surface area contributed by atoms with Gasteiger partial charge in [0.05, 0.1) is 27.8 Å². The molecule has 1 saturated carbocycles. The average Bonchev–Trinajstić information content (AvgIpc) is 3.49. The van der Waals surface area contributed by atoms with Gasteiger partial charge in [0.2, 0.25) is 0 Å². The van der Waals surface area contributed by atoms with E-state index in [2.05, 4.69) is 15.3 Å². The van der Waals surface area contributed by atoms with Crippen LogP contribution in [0, 0.1) is 0 Å². The number of rotatable bonds is 7. The van der Waals surface area contributed by atoms with Crippen LogP contribution in [0.15, 0.2) is 34.9 Å². The van der Waals surface area contributed by atoms with E-state index in [0.29, 0.717) is 23.8 Å². The Morgan fingerprint density at radius 1 is 1.18 bits per heavy atom. The Morgan fingerprint density at radius 2 is 2.00 bits per heavy atom. The number of thiazole rings is 1. The molecular formula is C22H27N5O4S2. The molecule has 33 heavy (non-hydrogen) atoms. The summed E-state index contributed by atoms with van der Waals surface area (Å²) in [5.74, 6) is -1.00. The normalized spacial score (nSPS) is 18.8. The Bertz CT molecular complexity index is 980. The largest absolute Gasteiger partial charge is 0.481 e. The van der Waals surface area contributed by atoms with Crippen molar-refractivity contribution < 1.29 is 19.5 Å². The number of likely N-dealkylation sites (tertiary alicyclic amines) is 1. The predicted octanol–water partition coefficient (Wildman–Crippen LogP) is 3.80. The van der Waals surface area contributed by atoms with Crippen LogP contribution in [0.1, 0.15) is 48.9 Å². The van der Waals surface area contributed by atoms with Gasteiger partial charge in [-0.1, -0.05) is 30.6 Å². The Morgan fingerprint density at radius 3 is 2.73 bits per heavy atom. The highest BCUT2D eigenvalue weighted by Crippen LogP contribution is 2.31. The molecule has 1 aliphatic carbocycles. The van der Waals surface area contributed by atoms with E-state index in [1.54, 1.807) is 35.6 Å². The molecule has 176 valence electrons. The smallest absolute Gasteiger partial charge is 0.324 e. The van der Waals surface area contributed by atoms with E-state index in [4.69, 9.17) is 5.11 Å². The zero-order valence-corrected chi connectivity index (χ0v) is 19.8. The van der Waals surface area contributed by atoms with Gasteiger partial charge < -0.3 is 14.9 Å². The van der Waals surface area contributed by atoms with Crippen LogP contribution in [0.4, 0.5) is 9.93 Å². The molecule has 9 nitrogen and oxygen atoms in total. The van der Waals surface area contributed by atoms with E-state index < -0.39 is 5.97 Å². The minimum absolute atomic E-state index is 0.0490. The number of carbonyl (C=O) groups excluding carboxylic acids is 2. The number of carboxylic acids is 1. The summed E-state index contributed by atoms with van der Waals surface area (Å²) in [6, 6.07) is 3.38. The first-order valence-corrected chi connectivity index (χ1v) is 12.9. The molecule has 2 fully saturated rings. The van der Waals surface area contributed by atoms with Crippen molar-refractivity contribution in [3.63, 3.8) is 0 Å². The molecule has 2 aromatic heterocycles. The second-order valence-electron chi connectivity index (χ2n) is 8.23. The highest BCUT2D eigenvalue weighted by molar-refractivity contribution is 8.01. The number of pyridine rings is 1. The maximum atomic E-state index is 13.4. The molecule has 2 aromatic rings. The van der Waals surface area contributed by atoms with Crippen molar-refractivity contribution in [1.82, 2.24) is 19.8 Å². The van der Waals surface area contributed by atoms with Crippen LogP contribution in [0.3, 0.4) is 0 Å². The fourth-order valence-corrected chi connectivity index (χ4v) is 6.07. The lowest BCUT2D eigenvalue weighted by molar-refractivity contribution is -0.133. The molecule has 4 rings (SSSR count). The molecule has 1 atom stereocenters. The summed E-state index contributed by atoms with van der Waals surface area (Å²) in [4.78, 5) is 49.1. The van der Waals surface area contributed by atoms with Gasteiger partial charge >= 0.3 is 12.0 Å². The number of nitrogens with zero attached hydrogens (tertiary/aromatic N) is 4. The van der Waals surface area contributed by atoms with Crippen LogP contribution in [0.5, 0.6) is 0 Å². The van der Waals surface area contributed by atoms with Gasteiger partial charge in [-0.3, -0.25) is 19.9 Å². The number of carbonyl (C=O) groups is 3. The van der Waals surface area contributed by atoms with Crippen LogP contribution in [0.25, 0.3) is 0 Å². The van der Waals surface area contributed by atoms with Crippen molar-refractivity contribution >= 4 is 46.1 Å². The number of amides is 3. The number of carboxylic acid groups (broad SMARTS) is 1. The van der Waals surface area contributed by atoms with Gasteiger partial charge in [-0.2, -0.15) is 0 Å². The summed E-state index contributed by atoms with van der Waals surface area (Å²) in [6.07, 6.45) is 10.8. The van der Waals surface area contributed by atoms with Gasteiger partial charge in [0.1, 0.15) is 0 Å². The third-order valence-electron chi connectivity index (χ3n) is 5.99. The topological polar surface area (TPSA) is 116 Å². The molecule has 0 aromatic carbocycles. The molecule has 0 bridgehead atoms. The standard InChI is InChI=1S/C22H27N5O4S2/c28-18(29)14-32-19-12-24-21(33-19)25-22(31)27(16-6-2-1-3-7-16)17-8-10-26(13-17)20(30)15-5-4-9-23-11-15/h4-5,9,11-12,16-17H,1-3,6-8,10,13-14H2,(H,28,29)(H,24,25,31). The van der Waals surface area contributed by atoms with Gasteiger partial charge in [-0.15, -0.1) is 11.8 Å². The third-order valence-corrected chi connectivity index (χ3v) is 8.08. The van der Waals surface area contributed by atoms with Crippen molar-refractivity contribution in [2.45, 2.75) is 54.8 Å². The number of hydrogen-bond donors (Lipinski definition) is 2. The molecule has 2 aliphatic rings. The molecule has 0 radical (unpaired) electrons. The maximum Gasteiger partial charge on any atom is 0.324 e. The highest BCUT2D eigenvalue weighted by atomic mass is 32.2. The lowest BCUT2D eigenvalue weighted by atomic mass is 9.93. The first-order chi connectivity index (χ1) is 16.0. The summed E-state index contributed by atoms with van der Waals surface area (Å²) in [5, 5.41) is 12.2. The summed E-state index contributed by atoms with van der Waals surface area (Å²) in [5.41, 5.74) is 0.556. The fraction of sp³-hybridized carbons (Fsp3) is 0.500. The minimum atomic E-state index is -0.894. The zero-order chi connectivity index (χ0) is 23.2. The molecular weight excluding hydrogens is 462 g/mol. The SMILES string of the molecule is O=C(O)CSc1cnc(NC(=O)N(C2CCCCC2)C2CCN(C(=O)c3cccnc3)C2)s1. The highest BCUT2D eigenvalue weighted by Gasteiger charge is 2.37. The summed E-state index contributed by atoms with van der Waals surface area (Å²) < 4.78 is 0.742. The number of aromatic nitrogens is 2. The monoisotopic (exact) mass is 489 g/mol. The van der Waals surface area contributed by atoms with E-state index in [-0.39, 0.29) is 29.8 Å². The molecule has 1 unspecified atom stereocenters. The van der Waals surface area contributed by atoms with Crippen molar-refractivity contribution in [3.05, 3.63) is 36.3 Å². The average molecular weight is 490 g/mol. The Kier molecular flexibility index (Phi) is 7.81. The molecule has 2 N–H and O–H groups in total. The predicted molar refractivity (Wildman–Crippen MR) is 127 cm³/mol. The summed E-state index contributed by atoms with van der Waals surface area (Å²) in [6.45, 7) is 1.09. The Balaban J connectivity index is 1.44.